The number of ether oxygens (including phenoxy) is 1. The molecule has 3 aromatic rings. The number of hydrogen-bond donors (Lipinski definition) is 3. The van der Waals surface area contributed by atoms with Crippen molar-refractivity contribution in [2.45, 2.75) is 38.0 Å². The molecule has 0 aliphatic heterocycles. The first-order valence-electron chi connectivity index (χ1n) is 10.2. The summed E-state index contributed by atoms with van der Waals surface area (Å²) in [4.78, 5) is 29.7. The summed E-state index contributed by atoms with van der Waals surface area (Å²) >= 11 is 1.76. The van der Waals surface area contributed by atoms with E-state index < -0.39 is 11.4 Å². The van der Waals surface area contributed by atoms with E-state index in [1.54, 1.807) is 18.4 Å². The Morgan fingerprint density at radius 2 is 2.10 bits per heavy atom. The van der Waals surface area contributed by atoms with Gasteiger partial charge in [-0.1, -0.05) is 0 Å². The molecule has 2 aliphatic rings. The van der Waals surface area contributed by atoms with Crippen LogP contribution in [-0.4, -0.2) is 34.9 Å². The molecule has 0 spiro atoms. The highest BCUT2D eigenvalue weighted by molar-refractivity contribution is 7.15. The summed E-state index contributed by atoms with van der Waals surface area (Å²) in [7, 11) is 1.59. The van der Waals surface area contributed by atoms with E-state index in [0.29, 0.717) is 28.5 Å². The highest BCUT2D eigenvalue weighted by Gasteiger charge is 2.32. The number of fused-ring (bicyclic) bond motifs is 2. The average Bonchev–Trinajstić information content (AvgIpc) is 3.50. The van der Waals surface area contributed by atoms with E-state index in [4.69, 9.17) is 4.74 Å². The van der Waals surface area contributed by atoms with Crippen molar-refractivity contribution in [2.75, 3.05) is 13.7 Å². The van der Waals surface area contributed by atoms with Crippen molar-refractivity contribution in [1.82, 2.24) is 4.98 Å². The minimum atomic E-state index is -1.24. The zero-order valence-corrected chi connectivity index (χ0v) is 17.5. The molecule has 1 unspecified atom stereocenters. The number of aryl methyl sites for hydroxylation is 1. The van der Waals surface area contributed by atoms with Gasteiger partial charge in [-0.05, 0) is 67.2 Å². The Hall–Kier alpha value is -2.64. The second-order valence-corrected chi connectivity index (χ2v) is 9.39. The summed E-state index contributed by atoms with van der Waals surface area (Å²) in [5.41, 5.74) is 3.14. The Morgan fingerprint density at radius 3 is 2.77 bits per heavy atom. The monoisotopic (exact) mass is 425 g/mol. The van der Waals surface area contributed by atoms with Gasteiger partial charge in [-0.2, -0.15) is 0 Å². The van der Waals surface area contributed by atoms with Crippen LogP contribution in [0.1, 0.15) is 51.5 Å². The number of aromatic nitrogens is 1. The number of thiophene rings is 1. The van der Waals surface area contributed by atoms with Crippen LogP contribution in [0.15, 0.2) is 23.1 Å². The number of carboxylic acid groups (broad SMARTS) is 1. The number of aliphatic hydroxyl groups is 1. The van der Waals surface area contributed by atoms with E-state index >= 15 is 0 Å². The number of aromatic carboxylic acids is 1. The zero-order chi connectivity index (χ0) is 21.0. The first kappa shape index (κ1) is 19.3. The van der Waals surface area contributed by atoms with Gasteiger partial charge >= 0.3 is 5.97 Å². The van der Waals surface area contributed by atoms with Crippen LogP contribution < -0.4 is 10.2 Å². The lowest BCUT2D eigenvalue weighted by Crippen LogP contribution is -2.16. The molecular formula is C23H23NO5S. The molecule has 2 aliphatic carbocycles. The van der Waals surface area contributed by atoms with E-state index in [1.807, 2.05) is 6.07 Å². The molecule has 0 bridgehead atoms. The number of carbonyl (C=O) groups is 1. The van der Waals surface area contributed by atoms with Crippen LogP contribution in [0.5, 0.6) is 5.75 Å². The number of carboxylic acids is 1. The quantitative estimate of drug-likeness (QED) is 0.575. The fourth-order valence-corrected chi connectivity index (χ4v) is 5.84. The Bertz CT molecular complexity index is 1220. The van der Waals surface area contributed by atoms with E-state index in [2.05, 4.69) is 11.1 Å². The van der Waals surface area contributed by atoms with Crippen molar-refractivity contribution < 1.29 is 19.7 Å². The third-order valence-corrected chi connectivity index (χ3v) is 7.56. The third-order valence-electron chi connectivity index (χ3n) is 6.30. The maximum Gasteiger partial charge on any atom is 0.341 e. The van der Waals surface area contributed by atoms with Crippen molar-refractivity contribution in [2.24, 2.45) is 5.92 Å². The van der Waals surface area contributed by atoms with Gasteiger partial charge in [0.1, 0.15) is 5.56 Å². The number of hydrogen-bond acceptors (Lipinski definition) is 5. The number of aromatic amines is 1. The fraction of sp³-hybridized carbons (Fsp3) is 0.391. The molecule has 0 radical (unpaired) electrons. The number of pyridine rings is 1. The van der Waals surface area contributed by atoms with Crippen LogP contribution in [0.4, 0.5) is 0 Å². The van der Waals surface area contributed by atoms with Gasteiger partial charge in [0, 0.05) is 28.1 Å². The Balaban J connectivity index is 1.75. The van der Waals surface area contributed by atoms with Crippen LogP contribution in [0.2, 0.25) is 0 Å². The molecule has 1 atom stereocenters. The summed E-state index contributed by atoms with van der Waals surface area (Å²) < 4.78 is 5.81. The maximum absolute atomic E-state index is 12.8. The number of aliphatic hydroxyl groups excluding tert-OH is 1. The van der Waals surface area contributed by atoms with E-state index in [1.165, 1.54) is 16.6 Å². The molecule has 1 fully saturated rings. The molecule has 30 heavy (non-hydrogen) atoms. The van der Waals surface area contributed by atoms with Crippen LogP contribution in [0.25, 0.3) is 21.3 Å². The van der Waals surface area contributed by atoms with Gasteiger partial charge in [0.2, 0.25) is 5.43 Å². The highest BCUT2D eigenvalue weighted by Crippen LogP contribution is 2.51. The van der Waals surface area contributed by atoms with Gasteiger partial charge in [-0.15, -0.1) is 11.3 Å². The Labute approximate surface area is 177 Å². The standard InChI is InChI=1S/C23H23NO5S/c1-29-22-19(18-7-13-6-11(10-25)2-5-17(13)30-18)14(12-3-4-12)8-15-20(22)24-9-16(21(15)26)23(27)28/h7-9,11-12,25H,2-6,10H2,1H3,(H,24,26)(H,27,28). The molecule has 3 N–H and O–H groups in total. The number of nitrogens with one attached hydrogen (secondary N) is 1. The van der Waals surface area contributed by atoms with Crippen LogP contribution in [0, 0.1) is 5.92 Å². The third kappa shape index (κ3) is 3.04. The largest absolute Gasteiger partial charge is 0.494 e. The molecule has 0 amide bonds. The summed E-state index contributed by atoms with van der Waals surface area (Å²) in [5, 5.41) is 19.3. The second-order valence-electron chi connectivity index (χ2n) is 8.26. The molecule has 7 heteroatoms. The van der Waals surface area contributed by atoms with Gasteiger partial charge in [-0.3, -0.25) is 4.79 Å². The minimum absolute atomic E-state index is 0.213. The number of benzene rings is 1. The second kappa shape index (κ2) is 7.25. The van der Waals surface area contributed by atoms with Crippen LogP contribution in [-0.2, 0) is 12.8 Å². The lowest BCUT2D eigenvalue weighted by atomic mass is 9.88. The molecule has 2 aromatic heterocycles. The van der Waals surface area contributed by atoms with Crippen molar-refractivity contribution in [1.29, 1.82) is 0 Å². The average molecular weight is 426 g/mol. The van der Waals surface area contributed by atoms with E-state index in [9.17, 15) is 19.8 Å². The SMILES string of the molecule is COc1c(-c2cc3c(s2)CCC(CO)C3)c(C2CC2)cc2c(=O)c(C(=O)O)c[nH]c12. The van der Waals surface area contributed by atoms with E-state index in [-0.39, 0.29) is 12.2 Å². The van der Waals surface area contributed by atoms with Gasteiger partial charge in [-0.25, -0.2) is 4.79 Å². The smallest absolute Gasteiger partial charge is 0.341 e. The first-order valence-corrected chi connectivity index (χ1v) is 11.1. The van der Waals surface area contributed by atoms with E-state index in [0.717, 1.165) is 48.1 Å². The molecule has 6 nitrogen and oxygen atoms in total. The fourth-order valence-electron chi connectivity index (χ4n) is 4.57. The first-order chi connectivity index (χ1) is 14.5. The van der Waals surface area contributed by atoms with Crippen molar-refractivity contribution in [3.05, 3.63) is 50.1 Å². The van der Waals surface area contributed by atoms with Crippen molar-refractivity contribution in [3.63, 3.8) is 0 Å². The predicted molar refractivity (Wildman–Crippen MR) is 116 cm³/mol. The maximum atomic E-state index is 12.8. The van der Waals surface area contributed by atoms with Crippen LogP contribution in [0.3, 0.4) is 0 Å². The van der Waals surface area contributed by atoms with Gasteiger partial charge in [0.15, 0.2) is 5.75 Å². The predicted octanol–water partition coefficient (Wildman–Crippen LogP) is 3.94. The molecule has 0 saturated heterocycles. The summed E-state index contributed by atoms with van der Waals surface area (Å²) in [6, 6.07) is 4.08. The lowest BCUT2D eigenvalue weighted by Gasteiger charge is -2.19. The molecular weight excluding hydrogens is 402 g/mol. The number of methoxy groups -OCH3 is 1. The number of rotatable bonds is 5. The van der Waals surface area contributed by atoms with Gasteiger partial charge in [0.25, 0.3) is 0 Å². The van der Waals surface area contributed by atoms with Crippen LogP contribution >= 0.6 is 11.3 Å². The van der Waals surface area contributed by atoms with Crippen molar-refractivity contribution in [3.8, 4) is 16.2 Å². The van der Waals surface area contributed by atoms with Gasteiger partial charge in [0.05, 0.1) is 18.0 Å². The molecule has 1 aromatic carbocycles. The zero-order valence-electron chi connectivity index (χ0n) is 16.7. The summed E-state index contributed by atoms with van der Waals surface area (Å²) in [5.74, 6) is 0.0296. The topological polar surface area (TPSA) is 99.6 Å². The molecule has 1 saturated carbocycles. The minimum Gasteiger partial charge on any atom is -0.494 e. The lowest BCUT2D eigenvalue weighted by molar-refractivity contribution is 0.0695. The molecule has 5 rings (SSSR count). The summed E-state index contributed by atoms with van der Waals surface area (Å²) in [6.07, 6.45) is 6.21. The highest BCUT2D eigenvalue weighted by atomic mass is 32.1. The molecule has 156 valence electrons. The van der Waals surface area contributed by atoms with Gasteiger partial charge < -0.3 is 19.9 Å². The Morgan fingerprint density at radius 1 is 1.30 bits per heavy atom. The van der Waals surface area contributed by atoms with Crippen molar-refractivity contribution >= 4 is 28.2 Å². The normalized spacial score (nSPS) is 18.4. The molecule has 2 heterocycles. The number of H-pyrrole nitrogens is 1. The Kier molecular flexibility index (Phi) is 4.67. The summed E-state index contributed by atoms with van der Waals surface area (Å²) in [6.45, 7) is 0.213.